The molecule has 0 bridgehead atoms. The smallest absolute Gasteiger partial charge is 0.226 e. The normalized spacial score (nSPS) is 15.6. The number of ether oxygens (including phenoxy) is 1. The number of nitrogens with zero attached hydrogens (tertiary/aromatic N) is 2. The average Bonchev–Trinajstić information content (AvgIpc) is 3.03. The average molecular weight is 397 g/mol. The van der Waals surface area contributed by atoms with E-state index in [0.29, 0.717) is 22.6 Å². The number of fused-ring (bicyclic) bond motifs is 1. The molecule has 0 fully saturated rings. The van der Waals surface area contributed by atoms with Gasteiger partial charge in [0.2, 0.25) is 5.91 Å². The molecule has 1 amide bonds. The van der Waals surface area contributed by atoms with Crippen LogP contribution in [0.3, 0.4) is 0 Å². The van der Waals surface area contributed by atoms with Crippen LogP contribution in [-0.2, 0) is 4.79 Å². The second kappa shape index (κ2) is 7.12. The first-order valence-electron chi connectivity index (χ1n) is 8.92. The molecule has 1 aliphatic rings. The van der Waals surface area contributed by atoms with Crippen molar-refractivity contribution in [1.82, 2.24) is 9.78 Å². The summed E-state index contributed by atoms with van der Waals surface area (Å²) in [6, 6.07) is 9.74. The highest BCUT2D eigenvalue weighted by atomic mass is 19.1. The molecule has 0 unspecified atom stereocenters. The number of methoxy groups -OCH3 is 1. The Labute approximate surface area is 165 Å². The molecular weight excluding hydrogens is 380 g/mol. The van der Waals surface area contributed by atoms with Crippen LogP contribution in [0.1, 0.15) is 34.0 Å². The van der Waals surface area contributed by atoms with Gasteiger partial charge in [-0.05, 0) is 31.2 Å². The predicted molar refractivity (Wildman–Crippen MR) is 102 cm³/mol. The Morgan fingerprint density at radius 3 is 2.76 bits per heavy atom. The van der Waals surface area contributed by atoms with Gasteiger partial charge in [-0.1, -0.05) is 12.1 Å². The molecule has 0 spiro atoms. The third-order valence-electron chi connectivity index (χ3n) is 4.91. The second-order valence-corrected chi connectivity index (χ2v) is 6.76. The summed E-state index contributed by atoms with van der Waals surface area (Å²) in [5.74, 6) is -2.24. The number of hydrogen-bond donors (Lipinski definition) is 1. The van der Waals surface area contributed by atoms with Gasteiger partial charge in [-0.25, -0.2) is 13.5 Å². The lowest BCUT2D eigenvalue weighted by Crippen LogP contribution is -2.28. The number of ketones is 1. The zero-order valence-corrected chi connectivity index (χ0v) is 15.7. The van der Waals surface area contributed by atoms with Crippen LogP contribution in [0.4, 0.5) is 14.6 Å². The van der Waals surface area contributed by atoms with Gasteiger partial charge in [0.25, 0.3) is 0 Å². The van der Waals surface area contributed by atoms with Crippen molar-refractivity contribution in [1.29, 1.82) is 0 Å². The maximum absolute atomic E-state index is 14.3. The molecular formula is C21H17F2N3O3. The Morgan fingerprint density at radius 1 is 1.24 bits per heavy atom. The summed E-state index contributed by atoms with van der Waals surface area (Å²) in [7, 11) is 1.50. The number of amides is 1. The number of anilines is 1. The fraction of sp³-hybridized carbons (Fsp3) is 0.190. The fourth-order valence-electron chi connectivity index (χ4n) is 3.58. The van der Waals surface area contributed by atoms with Crippen LogP contribution in [0.5, 0.6) is 5.75 Å². The molecule has 0 radical (unpaired) electrons. The number of nitrogens with one attached hydrogen (secondary N) is 1. The molecule has 2 aromatic carbocycles. The van der Waals surface area contributed by atoms with E-state index in [9.17, 15) is 18.4 Å². The van der Waals surface area contributed by atoms with Gasteiger partial charge in [0.15, 0.2) is 11.6 Å². The van der Waals surface area contributed by atoms with E-state index in [1.807, 2.05) is 0 Å². The van der Waals surface area contributed by atoms with Crippen LogP contribution in [-0.4, -0.2) is 28.6 Å². The molecule has 1 atom stereocenters. The number of Topliss-reactive ketones (excluding diaryl/α,β-unsaturated/α-hetero) is 1. The van der Waals surface area contributed by atoms with E-state index >= 15 is 0 Å². The molecule has 1 N–H and O–H groups in total. The first kappa shape index (κ1) is 18.8. The van der Waals surface area contributed by atoms with Crippen molar-refractivity contribution >= 4 is 17.5 Å². The molecule has 1 aliphatic heterocycles. The standard InChI is InChI=1S/C21H17F2N3O3/c1-11-19-15(20(28)12-4-3-5-14(8-12)29-2)10-18(27)24-21(19)26(25-11)17-7-6-13(22)9-16(17)23/h3-9,15H,10H2,1-2H3,(H,24,27)/t15-/m1/s1. The van der Waals surface area contributed by atoms with Gasteiger partial charge < -0.3 is 10.1 Å². The topological polar surface area (TPSA) is 73.2 Å². The highest BCUT2D eigenvalue weighted by Gasteiger charge is 2.36. The number of carbonyl (C=O) groups excluding carboxylic acids is 2. The summed E-state index contributed by atoms with van der Waals surface area (Å²) in [5, 5.41) is 6.98. The lowest BCUT2D eigenvalue weighted by Gasteiger charge is -2.23. The van der Waals surface area contributed by atoms with Gasteiger partial charge >= 0.3 is 0 Å². The van der Waals surface area contributed by atoms with E-state index in [1.54, 1.807) is 31.2 Å². The molecule has 6 nitrogen and oxygen atoms in total. The minimum absolute atomic E-state index is 0.0227. The Hall–Kier alpha value is -3.55. The molecule has 3 aromatic rings. The SMILES string of the molecule is COc1cccc(C(=O)[C@@H]2CC(=O)Nc3c2c(C)nn3-c2ccc(F)cc2F)c1. The predicted octanol–water partition coefficient (Wildman–Crippen LogP) is 3.78. The number of hydrogen-bond acceptors (Lipinski definition) is 4. The van der Waals surface area contributed by atoms with Crippen LogP contribution in [0.15, 0.2) is 42.5 Å². The van der Waals surface area contributed by atoms with Gasteiger partial charge in [0.1, 0.15) is 23.1 Å². The van der Waals surface area contributed by atoms with Crippen LogP contribution >= 0.6 is 0 Å². The van der Waals surface area contributed by atoms with Gasteiger partial charge in [-0.3, -0.25) is 9.59 Å². The van der Waals surface area contributed by atoms with E-state index in [-0.39, 0.29) is 29.6 Å². The van der Waals surface area contributed by atoms with Gasteiger partial charge in [-0.15, -0.1) is 0 Å². The summed E-state index contributed by atoms with van der Waals surface area (Å²) in [6.07, 6.45) is -0.0541. The molecule has 0 saturated heterocycles. The van der Waals surface area contributed by atoms with Crippen molar-refractivity contribution in [3.8, 4) is 11.4 Å². The molecule has 29 heavy (non-hydrogen) atoms. The zero-order valence-electron chi connectivity index (χ0n) is 15.7. The van der Waals surface area contributed by atoms with Crippen LogP contribution in [0.2, 0.25) is 0 Å². The molecule has 0 aliphatic carbocycles. The number of halogens is 2. The van der Waals surface area contributed by atoms with Crippen LogP contribution in [0.25, 0.3) is 5.69 Å². The zero-order chi connectivity index (χ0) is 20.7. The highest BCUT2D eigenvalue weighted by Crippen LogP contribution is 2.38. The van der Waals surface area contributed by atoms with Crippen molar-refractivity contribution in [2.45, 2.75) is 19.3 Å². The third-order valence-corrected chi connectivity index (χ3v) is 4.91. The molecule has 0 saturated carbocycles. The lowest BCUT2D eigenvalue weighted by atomic mass is 9.85. The largest absolute Gasteiger partial charge is 0.497 e. The summed E-state index contributed by atoms with van der Waals surface area (Å²) in [5.41, 5.74) is 1.37. The van der Waals surface area contributed by atoms with Crippen molar-refractivity contribution in [3.63, 3.8) is 0 Å². The first-order chi connectivity index (χ1) is 13.9. The molecule has 8 heteroatoms. The maximum Gasteiger partial charge on any atom is 0.226 e. The molecule has 4 rings (SSSR count). The van der Waals surface area contributed by atoms with E-state index in [1.165, 1.54) is 17.9 Å². The van der Waals surface area contributed by atoms with Gasteiger partial charge in [0, 0.05) is 23.6 Å². The second-order valence-electron chi connectivity index (χ2n) is 6.76. The van der Waals surface area contributed by atoms with Crippen LogP contribution in [0, 0.1) is 18.6 Å². The van der Waals surface area contributed by atoms with Crippen molar-refractivity contribution in [3.05, 3.63) is 70.9 Å². The minimum Gasteiger partial charge on any atom is -0.497 e. The van der Waals surface area contributed by atoms with Crippen molar-refractivity contribution < 1.29 is 23.1 Å². The Balaban J connectivity index is 1.82. The summed E-state index contributed by atoms with van der Waals surface area (Å²) < 4.78 is 34.0. The summed E-state index contributed by atoms with van der Waals surface area (Å²) >= 11 is 0. The highest BCUT2D eigenvalue weighted by molar-refractivity contribution is 6.08. The lowest BCUT2D eigenvalue weighted by molar-refractivity contribution is -0.116. The molecule has 2 heterocycles. The Morgan fingerprint density at radius 2 is 2.03 bits per heavy atom. The number of rotatable bonds is 4. The Kier molecular flexibility index (Phi) is 4.62. The first-order valence-corrected chi connectivity index (χ1v) is 8.92. The van der Waals surface area contributed by atoms with E-state index in [2.05, 4.69) is 10.4 Å². The molecule has 148 valence electrons. The number of aromatic nitrogens is 2. The van der Waals surface area contributed by atoms with Crippen LogP contribution < -0.4 is 10.1 Å². The monoisotopic (exact) mass is 397 g/mol. The van der Waals surface area contributed by atoms with Crippen molar-refractivity contribution in [2.75, 3.05) is 12.4 Å². The van der Waals surface area contributed by atoms with E-state index in [4.69, 9.17) is 4.74 Å². The Bertz CT molecular complexity index is 1140. The minimum atomic E-state index is -0.828. The maximum atomic E-state index is 14.3. The van der Waals surface area contributed by atoms with Gasteiger partial charge in [-0.2, -0.15) is 5.10 Å². The number of carbonyl (C=O) groups is 2. The number of aryl methyl sites for hydroxylation is 1. The quantitative estimate of drug-likeness (QED) is 0.680. The molecule has 1 aromatic heterocycles. The fourth-order valence-corrected chi connectivity index (χ4v) is 3.58. The third kappa shape index (κ3) is 3.26. The number of benzene rings is 2. The van der Waals surface area contributed by atoms with E-state index < -0.39 is 17.6 Å². The van der Waals surface area contributed by atoms with E-state index in [0.717, 1.165) is 12.1 Å². The summed E-state index contributed by atoms with van der Waals surface area (Å²) in [4.78, 5) is 25.5. The summed E-state index contributed by atoms with van der Waals surface area (Å²) in [6.45, 7) is 1.68. The van der Waals surface area contributed by atoms with Crippen molar-refractivity contribution in [2.24, 2.45) is 0 Å². The van der Waals surface area contributed by atoms with Gasteiger partial charge in [0.05, 0.1) is 18.7 Å².